The molecule has 0 spiro atoms. The molecule has 3 nitrogen and oxygen atoms in total. The zero-order valence-corrected chi connectivity index (χ0v) is 9.73. The Hall–Kier alpha value is -0.540. The molecule has 82 valence electrons. The van der Waals surface area contributed by atoms with E-state index in [0.29, 0.717) is 11.6 Å². The summed E-state index contributed by atoms with van der Waals surface area (Å²) in [6.07, 6.45) is 0.733. The van der Waals surface area contributed by atoms with E-state index in [9.17, 15) is 4.79 Å². The van der Waals surface area contributed by atoms with E-state index in [-0.39, 0.29) is 17.9 Å². The SMILES string of the molecule is C=C(Cl)CNC(C)CC(C)C(=O)OC. The van der Waals surface area contributed by atoms with E-state index in [0.717, 1.165) is 6.42 Å². The standard InChI is InChI=1S/C10H18ClNO2/c1-7(10(13)14-4)5-9(3)12-6-8(2)11/h7,9,12H,2,5-6H2,1,3-4H3. The molecule has 0 aliphatic carbocycles. The topological polar surface area (TPSA) is 38.3 Å². The molecule has 0 bridgehead atoms. The summed E-state index contributed by atoms with van der Waals surface area (Å²) >= 11 is 5.60. The van der Waals surface area contributed by atoms with Gasteiger partial charge in [0.2, 0.25) is 0 Å². The van der Waals surface area contributed by atoms with Crippen LogP contribution in [0.3, 0.4) is 0 Å². The number of hydrogen-bond acceptors (Lipinski definition) is 3. The molecule has 0 aromatic carbocycles. The first-order valence-electron chi connectivity index (χ1n) is 4.61. The second-order valence-electron chi connectivity index (χ2n) is 3.46. The first kappa shape index (κ1) is 13.5. The van der Waals surface area contributed by atoms with Crippen LogP contribution in [-0.2, 0) is 9.53 Å². The molecule has 14 heavy (non-hydrogen) atoms. The second kappa shape index (κ2) is 6.85. The summed E-state index contributed by atoms with van der Waals surface area (Å²) in [7, 11) is 1.40. The molecule has 0 aromatic rings. The van der Waals surface area contributed by atoms with E-state index < -0.39 is 0 Å². The Kier molecular flexibility index (Phi) is 6.58. The number of hydrogen-bond donors (Lipinski definition) is 1. The monoisotopic (exact) mass is 219 g/mol. The van der Waals surface area contributed by atoms with Crippen LogP contribution in [0, 0.1) is 5.92 Å². The Morgan fingerprint density at radius 3 is 2.57 bits per heavy atom. The highest BCUT2D eigenvalue weighted by Gasteiger charge is 2.16. The van der Waals surface area contributed by atoms with Crippen LogP contribution in [-0.4, -0.2) is 25.7 Å². The molecule has 2 atom stereocenters. The maximum atomic E-state index is 11.1. The van der Waals surface area contributed by atoms with E-state index in [1.54, 1.807) is 0 Å². The lowest BCUT2D eigenvalue weighted by molar-refractivity contribution is -0.145. The van der Waals surface area contributed by atoms with E-state index in [4.69, 9.17) is 11.6 Å². The van der Waals surface area contributed by atoms with Gasteiger partial charge in [0.25, 0.3) is 0 Å². The molecule has 0 aliphatic rings. The average Bonchev–Trinajstić information content (AvgIpc) is 2.13. The summed E-state index contributed by atoms with van der Waals surface area (Å²) in [5.41, 5.74) is 0. The molecular formula is C10H18ClNO2. The lowest BCUT2D eigenvalue weighted by Gasteiger charge is -2.16. The van der Waals surface area contributed by atoms with Crippen molar-refractivity contribution >= 4 is 17.6 Å². The zero-order chi connectivity index (χ0) is 11.1. The van der Waals surface area contributed by atoms with E-state index >= 15 is 0 Å². The fourth-order valence-corrected chi connectivity index (χ4v) is 1.27. The number of nitrogens with one attached hydrogen (secondary N) is 1. The van der Waals surface area contributed by atoms with Crippen LogP contribution < -0.4 is 5.32 Å². The van der Waals surface area contributed by atoms with Crippen molar-refractivity contribution in [1.82, 2.24) is 5.32 Å². The van der Waals surface area contributed by atoms with Crippen LogP contribution in [0.4, 0.5) is 0 Å². The first-order chi connectivity index (χ1) is 6.47. The lowest BCUT2D eigenvalue weighted by Crippen LogP contribution is -2.30. The van der Waals surface area contributed by atoms with Crippen LogP contribution in [0.15, 0.2) is 11.6 Å². The van der Waals surface area contributed by atoms with Crippen molar-refractivity contribution in [2.24, 2.45) is 5.92 Å². The van der Waals surface area contributed by atoms with Gasteiger partial charge >= 0.3 is 5.97 Å². The summed E-state index contributed by atoms with van der Waals surface area (Å²) in [6, 6.07) is 0.222. The maximum Gasteiger partial charge on any atom is 0.308 e. The number of rotatable bonds is 6. The van der Waals surface area contributed by atoms with Crippen LogP contribution in [0.5, 0.6) is 0 Å². The normalized spacial score (nSPS) is 14.6. The molecule has 0 radical (unpaired) electrons. The Balaban J connectivity index is 3.76. The zero-order valence-electron chi connectivity index (χ0n) is 8.97. The van der Waals surface area contributed by atoms with Crippen molar-refractivity contribution < 1.29 is 9.53 Å². The average molecular weight is 220 g/mol. The number of carbonyl (C=O) groups is 1. The number of halogens is 1. The third-order valence-corrected chi connectivity index (χ3v) is 2.09. The molecule has 0 aliphatic heterocycles. The molecule has 4 heteroatoms. The predicted molar refractivity (Wildman–Crippen MR) is 58.3 cm³/mol. The van der Waals surface area contributed by atoms with Crippen LogP contribution in [0.1, 0.15) is 20.3 Å². The van der Waals surface area contributed by atoms with Crippen LogP contribution in [0.2, 0.25) is 0 Å². The van der Waals surface area contributed by atoms with Gasteiger partial charge in [-0.15, -0.1) is 0 Å². The lowest BCUT2D eigenvalue weighted by atomic mass is 10.0. The summed E-state index contributed by atoms with van der Waals surface area (Å²) in [5, 5.41) is 3.72. The van der Waals surface area contributed by atoms with Crippen molar-refractivity contribution in [1.29, 1.82) is 0 Å². The molecule has 0 aromatic heterocycles. The fourth-order valence-electron chi connectivity index (χ4n) is 1.20. The number of carbonyl (C=O) groups excluding carboxylic acids is 1. The van der Waals surface area contributed by atoms with Crippen molar-refractivity contribution in [3.8, 4) is 0 Å². The van der Waals surface area contributed by atoms with Gasteiger partial charge in [-0.2, -0.15) is 0 Å². The van der Waals surface area contributed by atoms with E-state index in [1.807, 2.05) is 13.8 Å². The summed E-state index contributed by atoms with van der Waals surface area (Å²) in [4.78, 5) is 11.1. The van der Waals surface area contributed by atoms with Crippen molar-refractivity contribution in [2.45, 2.75) is 26.3 Å². The highest BCUT2D eigenvalue weighted by molar-refractivity contribution is 6.29. The smallest absolute Gasteiger partial charge is 0.308 e. The van der Waals surface area contributed by atoms with Gasteiger partial charge in [-0.1, -0.05) is 25.1 Å². The summed E-state index contributed by atoms with van der Waals surface area (Å²) < 4.78 is 4.63. The maximum absolute atomic E-state index is 11.1. The molecule has 0 heterocycles. The minimum Gasteiger partial charge on any atom is -0.469 e. The van der Waals surface area contributed by atoms with Crippen molar-refractivity contribution in [3.05, 3.63) is 11.6 Å². The van der Waals surface area contributed by atoms with Gasteiger partial charge < -0.3 is 10.1 Å². The van der Waals surface area contributed by atoms with Gasteiger partial charge in [0.1, 0.15) is 0 Å². The highest BCUT2D eigenvalue weighted by Crippen LogP contribution is 2.08. The molecule has 0 amide bonds. The Morgan fingerprint density at radius 2 is 2.14 bits per heavy atom. The van der Waals surface area contributed by atoms with Gasteiger partial charge in [-0.25, -0.2) is 0 Å². The first-order valence-corrected chi connectivity index (χ1v) is 4.99. The summed E-state index contributed by atoms with van der Waals surface area (Å²) in [5.74, 6) is -0.269. The second-order valence-corrected chi connectivity index (χ2v) is 3.99. The minimum atomic E-state index is -0.177. The highest BCUT2D eigenvalue weighted by atomic mass is 35.5. The number of ether oxygens (including phenoxy) is 1. The predicted octanol–water partition coefficient (Wildman–Crippen LogP) is 1.92. The van der Waals surface area contributed by atoms with Gasteiger partial charge in [-0.3, -0.25) is 4.79 Å². The molecule has 1 N–H and O–H groups in total. The third kappa shape index (κ3) is 6.00. The third-order valence-electron chi connectivity index (χ3n) is 1.95. The summed E-state index contributed by atoms with van der Waals surface area (Å²) in [6.45, 7) is 7.98. The molecular weight excluding hydrogens is 202 g/mol. The number of methoxy groups -OCH3 is 1. The van der Waals surface area contributed by atoms with Crippen molar-refractivity contribution in [3.63, 3.8) is 0 Å². The minimum absolute atomic E-state index is 0.0916. The molecule has 0 saturated carbocycles. The Labute approximate surface area is 90.5 Å². The molecule has 2 unspecified atom stereocenters. The van der Waals surface area contributed by atoms with E-state index in [1.165, 1.54) is 7.11 Å². The molecule has 0 rings (SSSR count). The van der Waals surface area contributed by atoms with Crippen molar-refractivity contribution in [2.75, 3.05) is 13.7 Å². The fraction of sp³-hybridized carbons (Fsp3) is 0.700. The Bertz CT molecular complexity index is 206. The van der Waals surface area contributed by atoms with Gasteiger partial charge in [0, 0.05) is 17.6 Å². The van der Waals surface area contributed by atoms with Gasteiger partial charge in [0.05, 0.1) is 13.0 Å². The quantitative estimate of drug-likeness (QED) is 0.694. The van der Waals surface area contributed by atoms with Gasteiger partial charge in [-0.05, 0) is 13.3 Å². The number of esters is 1. The molecule has 0 saturated heterocycles. The van der Waals surface area contributed by atoms with Crippen LogP contribution in [0.25, 0.3) is 0 Å². The van der Waals surface area contributed by atoms with E-state index in [2.05, 4.69) is 16.6 Å². The molecule has 0 fully saturated rings. The van der Waals surface area contributed by atoms with Gasteiger partial charge in [0.15, 0.2) is 0 Å². The largest absolute Gasteiger partial charge is 0.469 e. The van der Waals surface area contributed by atoms with Crippen LogP contribution >= 0.6 is 11.6 Å². The Morgan fingerprint density at radius 1 is 1.57 bits per heavy atom.